The van der Waals surface area contributed by atoms with Crippen molar-refractivity contribution in [3.8, 4) is 0 Å². The molecule has 0 saturated carbocycles. The van der Waals surface area contributed by atoms with Crippen LogP contribution in [0.4, 0.5) is 14.5 Å². The van der Waals surface area contributed by atoms with E-state index in [1.807, 2.05) is 0 Å². The summed E-state index contributed by atoms with van der Waals surface area (Å²) in [6.45, 7) is 2.15. The number of carbonyl (C=O) groups excluding carboxylic acids is 1. The molecule has 0 aliphatic carbocycles. The van der Waals surface area contributed by atoms with Crippen molar-refractivity contribution in [3.63, 3.8) is 0 Å². The number of hydrogen-bond donors (Lipinski definition) is 1. The highest BCUT2D eigenvalue weighted by molar-refractivity contribution is 5.92. The summed E-state index contributed by atoms with van der Waals surface area (Å²) in [5.41, 5.74) is 0.288. The van der Waals surface area contributed by atoms with E-state index in [9.17, 15) is 13.6 Å². The average Bonchev–Trinajstić information content (AvgIpc) is 2.35. The summed E-state index contributed by atoms with van der Waals surface area (Å²) in [5, 5.41) is 2.57. The van der Waals surface area contributed by atoms with E-state index in [0.29, 0.717) is 6.54 Å². The van der Waals surface area contributed by atoms with Gasteiger partial charge in [-0.2, -0.15) is 0 Å². The lowest BCUT2D eigenvalue weighted by molar-refractivity contribution is -0.117. The number of benzene rings is 1. The fourth-order valence-corrected chi connectivity index (χ4v) is 2.10. The Hall–Kier alpha value is -1.49. The number of nitrogens with zero attached hydrogens (tertiary/aromatic N) is 1. The Morgan fingerprint density at radius 2 is 1.89 bits per heavy atom. The van der Waals surface area contributed by atoms with E-state index in [1.165, 1.54) is 12.5 Å². The maximum Gasteiger partial charge on any atom is 0.238 e. The van der Waals surface area contributed by atoms with Crippen LogP contribution in [-0.4, -0.2) is 30.4 Å². The molecule has 0 aromatic heterocycles. The molecule has 1 saturated heterocycles. The minimum Gasteiger partial charge on any atom is -0.325 e. The molecule has 18 heavy (non-hydrogen) atoms. The van der Waals surface area contributed by atoms with Crippen molar-refractivity contribution in [3.05, 3.63) is 29.8 Å². The molecule has 1 aromatic rings. The number of amides is 1. The van der Waals surface area contributed by atoms with Gasteiger partial charge in [-0.05, 0) is 38.1 Å². The third-order valence-corrected chi connectivity index (χ3v) is 3.02. The smallest absolute Gasteiger partial charge is 0.238 e. The third kappa shape index (κ3) is 3.50. The molecule has 0 atom stereocenters. The first-order chi connectivity index (χ1) is 8.65. The molecule has 2 rings (SSSR count). The molecule has 0 spiro atoms. The molecule has 1 amide bonds. The first kappa shape index (κ1) is 13.0. The van der Waals surface area contributed by atoms with E-state index < -0.39 is 11.6 Å². The molecular formula is C13H16F2N2O. The van der Waals surface area contributed by atoms with Crippen LogP contribution in [0, 0.1) is 11.6 Å². The van der Waals surface area contributed by atoms with Gasteiger partial charge in [0.1, 0.15) is 0 Å². The fourth-order valence-electron chi connectivity index (χ4n) is 2.10. The van der Waals surface area contributed by atoms with Crippen LogP contribution in [0.5, 0.6) is 0 Å². The Morgan fingerprint density at radius 1 is 1.17 bits per heavy atom. The van der Waals surface area contributed by atoms with Gasteiger partial charge in [-0.15, -0.1) is 0 Å². The average molecular weight is 254 g/mol. The topological polar surface area (TPSA) is 32.3 Å². The summed E-state index contributed by atoms with van der Waals surface area (Å²) < 4.78 is 25.7. The number of halogens is 2. The third-order valence-electron chi connectivity index (χ3n) is 3.02. The van der Waals surface area contributed by atoms with Crippen LogP contribution in [0.1, 0.15) is 19.3 Å². The van der Waals surface area contributed by atoms with E-state index in [-0.39, 0.29) is 11.6 Å². The van der Waals surface area contributed by atoms with Gasteiger partial charge in [-0.3, -0.25) is 9.69 Å². The summed E-state index contributed by atoms with van der Waals surface area (Å²) in [6, 6.07) is 3.35. The van der Waals surface area contributed by atoms with E-state index in [0.717, 1.165) is 38.1 Å². The molecular weight excluding hydrogens is 238 g/mol. The highest BCUT2D eigenvalue weighted by Gasteiger charge is 2.14. The number of likely N-dealkylation sites (tertiary alicyclic amines) is 1. The molecule has 1 N–H and O–H groups in total. The number of rotatable bonds is 3. The Bertz CT molecular complexity index is 431. The monoisotopic (exact) mass is 254 g/mol. The Kier molecular flexibility index (Phi) is 4.25. The van der Waals surface area contributed by atoms with Gasteiger partial charge in [0.2, 0.25) is 5.91 Å². The molecule has 0 unspecified atom stereocenters. The standard InChI is InChI=1S/C13H16F2N2O/c14-11-5-4-10(8-12(11)15)16-13(18)9-17-6-2-1-3-7-17/h4-5,8H,1-3,6-7,9H2,(H,16,18). The molecule has 1 heterocycles. The summed E-state index contributed by atoms with van der Waals surface area (Å²) in [7, 11) is 0. The zero-order chi connectivity index (χ0) is 13.0. The molecule has 1 aliphatic heterocycles. The van der Waals surface area contributed by atoms with Crippen molar-refractivity contribution in [2.45, 2.75) is 19.3 Å². The zero-order valence-electron chi connectivity index (χ0n) is 10.1. The van der Waals surface area contributed by atoms with Crippen molar-refractivity contribution in [2.24, 2.45) is 0 Å². The van der Waals surface area contributed by atoms with Gasteiger partial charge < -0.3 is 5.32 Å². The zero-order valence-corrected chi connectivity index (χ0v) is 10.1. The lowest BCUT2D eigenvalue weighted by atomic mass is 10.1. The summed E-state index contributed by atoms with van der Waals surface area (Å²) in [4.78, 5) is 13.8. The SMILES string of the molecule is O=C(CN1CCCCC1)Nc1ccc(F)c(F)c1. The van der Waals surface area contributed by atoms with Crippen molar-refractivity contribution < 1.29 is 13.6 Å². The van der Waals surface area contributed by atoms with Crippen molar-refractivity contribution in [1.82, 2.24) is 4.90 Å². The van der Waals surface area contributed by atoms with Gasteiger partial charge in [0, 0.05) is 11.8 Å². The van der Waals surface area contributed by atoms with E-state index in [4.69, 9.17) is 0 Å². The van der Waals surface area contributed by atoms with Crippen LogP contribution in [-0.2, 0) is 4.79 Å². The number of anilines is 1. The van der Waals surface area contributed by atoms with Gasteiger partial charge in [-0.25, -0.2) is 8.78 Å². The molecule has 3 nitrogen and oxygen atoms in total. The normalized spacial score (nSPS) is 16.6. The second-order valence-corrected chi connectivity index (χ2v) is 4.51. The summed E-state index contributed by atoms with van der Waals surface area (Å²) >= 11 is 0. The van der Waals surface area contributed by atoms with Gasteiger partial charge in [0.25, 0.3) is 0 Å². The molecule has 0 radical (unpaired) electrons. The van der Waals surface area contributed by atoms with E-state index in [1.54, 1.807) is 0 Å². The second-order valence-electron chi connectivity index (χ2n) is 4.51. The van der Waals surface area contributed by atoms with Crippen LogP contribution in [0.15, 0.2) is 18.2 Å². The fraction of sp³-hybridized carbons (Fsp3) is 0.462. The van der Waals surface area contributed by atoms with Gasteiger partial charge in [0.05, 0.1) is 6.54 Å². The number of piperidine rings is 1. The number of carbonyl (C=O) groups is 1. The van der Waals surface area contributed by atoms with Gasteiger partial charge in [-0.1, -0.05) is 6.42 Å². The predicted octanol–water partition coefficient (Wildman–Crippen LogP) is 2.39. The molecule has 1 aromatic carbocycles. The second kappa shape index (κ2) is 5.91. The molecule has 0 bridgehead atoms. The Balaban J connectivity index is 1.88. The van der Waals surface area contributed by atoms with Crippen LogP contribution >= 0.6 is 0 Å². The quantitative estimate of drug-likeness (QED) is 0.898. The van der Waals surface area contributed by atoms with E-state index >= 15 is 0 Å². The molecule has 1 fully saturated rings. The Morgan fingerprint density at radius 3 is 2.56 bits per heavy atom. The summed E-state index contributed by atoms with van der Waals surface area (Å²) in [5.74, 6) is -2.06. The van der Waals surface area contributed by atoms with E-state index in [2.05, 4.69) is 10.2 Å². The maximum absolute atomic E-state index is 13.0. The van der Waals surface area contributed by atoms with Gasteiger partial charge >= 0.3 is 0 Å². The van der Waals surface area contributed by atoms with Crippen LogP contribution in [0.25, 0.3) is 0 Å². The minimum atomic E-state index is -0.953. The minimum absolute atomic E-state index is 0.192. The van der Waals surface area contributed by atoms with Crippen molar-refractivity contribution in [1.29, 1.82) is 0 Å². The molecule has 1 aliphatic rings. The first-order valence-electron chi connectivity index (χ1n) is 6.12. The van der Waals surface area contributed by atoms with Crippen LogP contribution < -0.4 is 5.32 Å². The predicted molar refractivity (Wildman–Crippen MR) is 65.3 cm³/mol. The Labute approximate surface area is 105 Å². The lowest BCUT2D eigenvalue weighted by Crippen LogP contribution is -2.36. The van der Waals surface area contributed by atoms with Crippen LogP contribution in [0.3, 0.4) is 0 Å². The van der Waals surface area contributed by atoms with Gasteiger partial charge in [0.15, 0.2) is 11.6 Å². The highest BCUT2D eigenvalue weighted by atomic mass is 19.2. The van der Waals surface area contributed by atoms with Crippen molar-refractivity contribution in [2.75, 3.05) is 25.0 Å². The number of hydrogen-bond acceptors (Lipinski definition) is 2. The van der Waals surface area contributed by atoms with Crippen molar-refractivity contribution >= 4 is 11.6 Å². The summed E-state index contributed by atoms with van der Waals surface area (Å²) in [6.07, 6.45) is 3.43. The molecule has 98 valence electrons. The number of nitrogens with one attached hydrogen (secondary N) is 1. The first-order valence-corrected chi connectivity index (χ1v) is 6.12. The lowest BCUT2D eigenvalue weighted by Gasteiger charge is -2.25. The maximum atomic E-state index is 13.0. The van der Waals surface area contributed by atoms with Crippen LogP contribution in [0.2, 0.25) is 0 Å². The highest BCUT2D eigenvalue weighted by Crippen LogP contribution is 2.13. The molecule has 5 heteroatoms. The largest absolute Gasteiger partial charge is 0.325 e.